The summed E-state index contributed by atoms with van der Waals surface area (Å²) in [7, 11) is 4.95. The third-order valence-corrected chi connectivity index (χ3v) is 6.30. The molecule has 0 N–H and O–H groups in total. The van der Waals surface area contributed by atoms with Gasteiger partial charge in [-0.3, -0.25) is 4.79 Å². The molecule has 0 spiro atoms. The number of nitrogens with zero attached hydrogens (tertiary/aromatic N) is 1. The summed E-state index contributed by atoms with van der Waals surface area (Å²) in [6.07, 6.45) is 6.78. The molecule has 6 heteroatoms. The van der Waals surface area contributed by atoms with Crippen LogP contribution in [0.5, 0.6) is 5.75 Å². The van der Waals surface area contributed by atoms with Crippen LogP contribution in [0.4, 0.5) is 0 Å². The highest BCUT2D eigenvalue weighted by atomic mass is 16.6. The molecule has 1 aliphatic heterocycles. The van der Waals surface area contributed by atoms with E-state index in [-0.39, 0.29) is 23.6 Å². The summed E-state index contributed by atoms with van der Waals surface area (Å²) in [5.74, 6) is 0.649. The van der Waals surface area contributed by atoms with Crippen LogP contribution in [-0.4, -0.2) is 44.1 Å². The first-order valence-electron chi connectivity index (χ1n) is 10.6. The number of hydrogen-bond donors (Lipinski definition) is 0. The van der Waals surface area contributed by atoms with E-state index in [0.717, 1.165) is 27.3 Å². The van der Waals surface area contributed by atoms with Gasteiger partial charge in [-0.15, -0.1) is 0 Å². The predicted molar refractivity (Wildman–Crippen MR) is 124 cm³/mol. The average molecular weight is 441 g/mol. The zero-order valence-corrected chi connectivity index (χ0v) is 18.6. The summed E-state index contributed by atoms with van der Waals surface area (Å²) in [5.41, 5.74) is 2.31. The summed E-state index contributed by atoms with van der Waals surface area (Å²) in [6, 6.07) is 15.1. The van der Waals surface area contributed by atoms with Crippen molar-refractivity contribution in [2.45, 2.75) is 6.04 Å². The van der Waals surface area contributed by atoms with Gasteiger partial charge in [0.05, 0.1) is 20.3 Å². The summed E-state index contributed by atoms with van der Waals surface area (Å²) < 4.78 is 16.6. The van der Waals surface area contributed by atoms with Crippen molar-refractivity contribution in [2.75, 3.05) is 21.3 Å². The number of benzene rings is 2. The minimum absolute atomic E-state index is 0.0796. The molecule has 1 heterocycles. The standard InChI is InChI=1S/C27H23NO5/c1-28-21-14-17-6-4-5-7-19(17)25-24(21)20(27(28)30)15-22(26(25)32-3)33-23(29)13-10-16-8-11-18(31-2)12-9-16/h4-15,21,24H,1-3H3. The molecule has 1 fully saturated rings. The lowest BCUT2D eigenvalue weighted by molar-refractivity contribution is -0.133. The topological polar surface area (TPSA) is 65.1 Å². The van der Waals surface area contributed by atoms with Crippen LogP contribution in [0.3, 0.4) is 0 Å². The largest absolute Gasteiger partial charge is 0.497 e. The molecule has 3 aliphatic rings. The molecule has 166 valence electrons. The highest BCUT2D eigenvalue weighted by molar-refractivity contribution is 6.03. The maximum Gasteiger partial charge on any atom is 0.336 e. The van der Waals surface area contributed by atoms with Gasteiger partial charge in [0.2, 0.25) is 0 Å². The highest BCUT2D eigenvalue weighted by Gasteiger charge is 2.48. The Kier molecular flexibility index (Phi) is 5.13. The highest BCUT2D eigenvalue weighted by Crippen LogP contribution is 2.45. The van der Waals surface area contributed by atoms with E-state index in [1.54, 1.807) is 38.3 Å². The van der Waals surface area contributed by atoms with Gasteiger partial charge in [0.1, 0.15) is 5.75 Å². The SMILES string of the molecule is COC1=C(OC(=O)C=Cc2ccc(OC)cc2)C=C2C(=O)N(C)C3C=c4ccccc4=C1C23. The molecule has 2 atom stereocenters. The molecule has 2 aromatic carbocycles. The first kappa shape index (κ1) is 20.8. The van der Waals surface area contributed by atoms with Crippen molar-refractivity contribution in [2.24, 2.45) is 5.92 Å². The van der Waals surface area contributed by atoms with Crippen molar-refractivity contribution in [1.82, 2.24) is 4.90 Å². The fourth-order valence-corrected chi connectivity index (χ4v) is 4.72. The van der Waals surface area contributed by atoms with Gasteiger partial charge in [-0.1, -0.05) is 42.5 Å². The molecule has 1 saturated heterocycles. The maximum atomic E-state index is 13.0. The molecular formula is C27H23NO5. The molecule has 5 rings (SSSR count). The maximum absolute atomic E-state index is 13.0. The summed E-state index contributed by atoms with van der Waals surface area (Å²) in [4.78, 5) is 27.4. The van der Waals surface area contributed by atoms with Crippen molar-refractivity contribution in [3.8, 4) is 5.75 Å². The van der Waals surface area contributed by atoms with Gasteiger partial charge in [-0.25, -0.2) is 4.79 Å². The number of fused-ring (bicyclic) bond motifs is 1. The Morgan fingerprint density at radius 1 is 1.03 bits per heavy atom. The number of likely N-dealkylation sites (tertiary alicyclic amines) is 1. The number of ether oxygens (including phenoxy) is 3. The molecule has 2 aromatic rings. The van der Waals surface area contributed by atoms with Crippen LogP contribution in [0.15, 0.2) is 77.8 Å². The third kappa shape index (κ3) is 3.44. The zero-order chi connectivity index (χ0) is 23.1. The van der Waals surface area contributed by atoms with Gasteiger partial charge in [0, 0.05) is 30.2 Å². The minimum Gasteiger partial charge on any atom is -0.497 e. The van der Waals surface area contributed by atoms with Crippen LogP contribution >= 0.6 is 0 Å². The van der Waals surface area contributed by atoms with Crippen molar-refractivity contribution in [1.29, 1.82) is 0 Å². The molecule has 2 unspecified atom stereocenters. The van der Waals surface area contributed by atoms with Crippen LogP contribution in [-0.2, 0) is 19.1 Å². The Morgan fingerprint density at radius 2 is 1.79 bits per heavy atom. The van der Waals surface area contributed by atoms with E-state index in [2.05, 4.69) is 6.08 Å². The van der Waals surface area contributed by atoms with Gasteiger partial charge < -0.3 is 19.1 Å². The monoisotopic (exact) mass is 441 g/mol. The summed E-state index contributed by atoms with van der Waals surface area (Å²) in [5, 5.41) is 2.00. The molecule has 2 aliphatic carbocycles. The first-order chi connectivity index (χ1) is 16.0. The number of carbonyl (C=O) groups is 2. The number of allylic oxidation sites excluding steroid dienone is 2. The lowest BCUT2D eigenvalue weighted by atomic mass is 9.78. The lowest BCUT2D eigenvalue weighted by Gasteiger charge is -2.30. The quantitative estimate of drug-likeness (QED) is 0.526. The first-order valence-corrected chi connectivity index (χ1v) is 10.6. The van der Waals surface area contributed by atoms with E-state index in [4.69, 9.17) is 14.2 Å². The number of methoxy groups -OCH3 is 2. The number of carbonyl (C=O) groups excluding carboxylic acids is 2. The molecule has 0 aromatic heterocycles. The molecule has 0 saturated carbocycles. The van der Waals surface area contributed by atoms with E-state index < -0.39 is 5.97 Å². The van der Waals surface area contributed by atoms with Crippen LogP contribution in [0, 0.1) is 5.92 Å². The second kappa shape index (κ2) is 8.13. The number of esters is 1. The normalized spacial score (nSPS) is 20.8. The molecule has 0 bridgehead atoms. The van der Waals surface area contributed by atoms with Crippen LogP contribution in [0.25, 0.3) is 17.7 Å². The number of hydrogen-bond acceptors (Lipinski definition) is 5. The van der Waals surface area contributed by atoms with Gasteiger partial charge in [0.25, 0.3) is 5.91 Å². The Bertz CT molecular complexity index is 1360. The Morgan fingerprint density at radius 3 is 2.52 bits per heavy atom. The second-order valence-corrected chi connectivity index (χ2v) is 8.08. The molecular weight excluding hydrogens is 418 g/mol. The Labute approximate surface area is 191 Å². The molecule has 1 amide bonds. The van der Waals surface area contributed by atoms with Gasteiger partial charge >= 0.3 is 5.97 Å². The molecule has 0 radical (unpaired) electrons. The van der Waals surface area contributed by atoms with Crippen LogP contribution < -0.4 is 15.2 Å². The van der Waals surface area contributed by atoms with Gasteiger partial charge in [-0.2, -0.15) is 0 Å². The van der Waals surface area contributed by atoms with E-state index in [1.807, 2.05) is 48.5 Å². The van der Waals surface area contributed by atoms with E-state index in [0.29, 0.717) is 11.3 Å². The lowest BCUT2D eigenvalue weighted by Crippen LogP contribution is -2.42. The third-order valence-electron chi connectivity index (χ3n) is 6.30. The number of likely N-dealkylation sites (N-methyl/N-ethyl adjacent to an activating group) is 1. The molecule has 33 heavy (non-hydrogen) atoms. The van der Waals surface area contributed by atoms with E-state index >= 15 is 0 Å². The fourth-order valence-electron chi connectivity index (χ4n) is 4.72. The van der Waals surface area contributed by atoms with Crippen molar-refractivity contribution in [3.63, 3.8) is 0 Å². The van der Waals surface area contributed by atoms with Gasteiger partial charge in [-0.05, 0) is 40.3 Å². The number of rotatable bonds is 5. The summed E-state index contributed by atoms with van der Waals surface area (Å²) >= 11 is 0. The van der Waals surface area contributed by atoms with Gasteiger partial charge in [0.15, 0.2) is 11.5 Å². The Hall–Kier alpha value is -4.06. The zero-order valence-electron chi connectivity index (χ0n) is 18.6. The average Bonchev–Trinajstić information content (AvgIpc) is 3.08. The van der Waals surface area contributed by atoms with E-state index in [1.165, 1.54) is 6.08 Å². The van der Waals surface area contributed by atoms with Crippen molar-refractivity contribution in [3.05, 3.63) is 93.8 Å². The predicted octanol–water partition coefficient (Wildman–Crippen LogP) is 2.15. The second-order valence-electron chi connectivity index (χ2n) is 8.08. The van der Waals surface area contributed by atoms with Crippen molar-refractivity contribution < 1.29 is 23.8 Å². The fraction of sp³-hybridized carbons (Fsp3) is 0.185. The minimum atomic E-state index is -0.558. The smallest absolute Gasteiger partial charge is 0.336 e. The summed E-state index contributed by atoms with van der Waals surface area (Å²) in [6.45, 7) is 0. The van der Waals surface area contributed by atoms with Crippen LogP contribution in [0.2, 0.25) is 0 Å². The van der Waals surface area contributed by atoms with Crippen molar-refractivity contribution >= 4 is 29.6 Å². The Balaban J connectivity index is 1.54. The molecule has 6 nitrogen and oxygen atoms in total. The number of amides is 1. The van der Waals surface area contributed by atoms with E-state index in [9.17, 15) is 9.59 Å². The van der Waals surface area contributed by atoms with Crippen LogP contribution in [0.1, 0.15) is 5.56 Å².